The van der Waals surface area contributed by atoms with E-state index in [0.29, 0.717) is 0 Å². The highest BCUT2D eigenvalue weighted by atomic mass is 16.5. The third kappa shape index (κ3) is 2.13. The Bertz CT molecular complexity index is 543. The zero-order valence-corrected chi connectivity index (χ0v) is 11.2. The van der Waals surface area contributed by atoms with Crippen LogP contribution in [0, 0.1) is 0 Å². The summed E-state index contributed by atoms with van der Waals surface area (Å²) in [6.07, 6.45) is 2.34. The fourth-order valence-electron chi connectivity index (χ4n) is 2.81. The molecule has 0 spiro atoms. The molecule has 1 fully saturated rings. The third-order valence-electron chi connectivity index (χ3n) is 4.21. The van der Waals surface area contributed by atoms with E-state index in [1.807, 2.05) is 12.1 Å². The Morgan fingerprint density at radius 1 is 1.00 bits per heavy atom. The molecule has 2 nitrogen and oxygen atoms in total. The van der Waals surface area contributed by atoms with E-state index in [-0.39, 0.29) is 11.5 Å². The van der Waals surface area contributed by atoms with Crippen molar-refractivity contribution in [2.24, 2.45) is 5.73 Å². The van der Waals surface area contributed by atoms with Crippen molar-refractivity contribution < 1.29 is 4.74 Å². The van der Waals surface area contributed by atoms with Gasteiger partial charge in [-0.25, -0.2) is 0 Å². The van der Waals surface area contributed by atoms with Crippen LogP contribution in [-0.2, 0) is 5.41 Å². The predicted molar refractivity (Wildman–Crippen MR) is 77.3 cm³/mol. The van der Waals surface area contributed by atoms with Crippen LogP contribution in [0.3, 0.4) is 0 Å². The number of ether oxygens (including phenoxy) is 1. The maximum absolute atomic E-state index is 6.52. The predicted octanol–water partition coefficient (Wildman–Crippen LogP) is 3.43. The Balaban J connectivity index is 1.89. The second-order valence-corrected chi connectivity index (χ2v) is 5.27. The first-order valence-corrected chi connectivity index (χ1v) is 6.71. The molecule has 19 heavy (non-hydrogen) atoms. The molecule has 1 aliphatic carbocycles. The van der Waals surface area contributed by atoms with Crippen LogP contribution in [0.1, 0.15) is 30.0 Å². The van der Waals surface area contributed by atoms with Gasteiger partial charge in [0.25, 0.3) is 0 Å². The van der Waals surface area contributed by atoms with Gasteiger partial charge in [-0.1, -0.05) is 42.5 Å². The number of hydrogen-bond donors (Lipinski definition) is 1. The van der Waals surface area contributed by atoms with E-state index in [1.165, 1.54) is 24.0 Å². The van der Waals surface area contributed by atoms with E-state index in [4.69, 9.17) is 10.5 Å². The third-order valence-corrected chi connectivity index (χ3v) is 4.21. The van der Waals surface area contributed by atoms with Gasteiger partial charge in [-0.05, 0) is 36.1 Å². The van der Waals surface area contributed by atoms with Crippen LogP contribution in [-0.4, -0.2) is 7.11 Å². The molecule has 1 saturated carbocycles. The topological polar surface area (TPSA) is 35.2 Å². The molecule has 2 N–H and O–H groups in total. The molecule has 3 rings (SSSR count). The summed E-state index contributed by atoms with van der Waals surface area (Å²) >= 11 is 0. The van der Waals surface area contributed by atoms with Gasteiger partial charge in [0.2, 0.25) is 0 Å². The first-order valence-electron chi connectivity index (χ1n) is 6.71. The van der Waals surface area contributed by atoms with E-state index < -0.39 is 0 Å². The zero-order chi connectivity index (χ0) is 13.3. The van der Waals surface area contributed by atoms with Crippen LogP contribution in [0.25, 0.3) is 0 Å². The average molecular weight is 253 g/mol. The van der Waals surface area contributed by atoms with E-state index in [1.54, 1.807) is 7.11 Å². The summed E-state index contributed by atoms with van der Waals surface area (Å²) in [5.41, 5.74) is 9.19. The molecule has 0 amide bonds. The number of rotatable bonds is 4. The SMILES string of the molecule is COc1ccc(C(N)C2(c3ccccc3)CC2)cc1. The van der Waals surface area contributed by atoms with Crippen molar-refractivity contribution >= 4 is 0 Å². The number of methoxy groups -OCH3 is 1. The van der Waals surface area contributed by atoms with Crippen molar-refractivity contribution in [3.8, 4) is 5.75 Å². The minimum absolute atomic E-state index is 0.0563. The smallest absolute Gasteiger partial charge is 0.118 e. The van der Waals surface area contributed by atoms with Crippen LogP contribution >= 0.6 is 0 Å². The molecule has 0 bridgehead atoms. The number of benzene rings is 2. The molecule has 0 heterocycles. The van der Waals surface area contributed by atoms with Crippen molar-refractivity contribution in [3.63, 3.8) is 0 Å². The van der Waals surface area contributed by atoms with Crippen LogP contribution in [0.15, 0.2) is 54.6 Å². The fourth-order valence-corrected chi connectivity index (χ4v) is 2.81. The fraction of sp³-hybridized carbons (Fsp3) is 0.294. The number of hydrogen-bond acceptors (Lipinski definition) is 2. The molecule has 98 valence electrons. The van der Waals surface area contributed by atoms with E-state index in [0.717, 1.165) is 5.75 Å². The summed E-state index contributed by atoms with van der Waals surface area (Å²) in [4.78, 5) is 0. The normalized spacial score (nSPS) is 17.8. The standard InChI is InChI=1S/C17H19NO/c1-19-15-9-7-13(8-10-15)16(18)17(11-12-17)14-5-3-2-4-6-14/h2-10,16H,11-12,18H2,1H3. The van der Waals surface area contributed by atoms with Gasteiger partial charge in [-0.2, -0.15) is 0 Å². The van der Waals surface area contributed by atoms with Crippen molar-refractivity contribution in [2.45, 2.75) is 24.3 Å². The molecule has 1 unspecified atom stereocenters. The zero-order valence-electron chi connectivity index (χ0n) is 11.2. The highest BCUT2D eigenvalue weighted by Crippen LogP contribution is 2.55. The minimum atomic E-state index is 0.0563. The van der Waals surface area contributed by atoms with Crippen LogP contribution in [0.4, 0.5) is 0 Å². The lowest BCUT2D eigenvalue weighted by atomic mass is 9.84. The van der Waals surface area contributed by atoms with Gasteiger partial charge >= 0.3 is 0 Å². The minimum Gasteiger partial charge on any atom is -0.497 e. The second-order valence-electron chi connectivity index (χ2n) is 5.27. The van der Waals surface area contributed by atoms with Gasteiger partial charge < -0.3 is 10.5 Å². The van der Waals surface area contributed by atoms with Gasteiger partial charge in [0, 0.05) is 11.5 Å². The molecule has 0 saturated heterocycles. The lowest BCUT2D eigenvalue weighted by molar-refractivity contribution is 0.414. The molecule has 1 aliphatic rings. The average Bonchev–Trinajstić information content (AvgIpc) is 3.29. The first-order chi connectivity index (χ1) is 9.26. The van der Waals surface area contributed by atoms with Crippen molar-refractivity contribution in [1.29, 1.82) is 0 Å². The Morgan fingerprint density at radius 3 is 2.16 bits per heavy atom. The lowest BCUT2D eigenvalue weighted by Crippen LogP contribution is -2.26. The second kappa shape index (κ2) is 4.71. The summed E-state index contributed by atoms with van der Waals surface area (Å²) < 4.78 is 5.19. The highest BCUT2D eigenvalue weighted by molar-refractivity contribution is 5.39. The molecule has 2 heteroatoms. The van der Waals surface area contributed by atoms with Crippen molar-refractivity contribution in [2.75, 3.05) is 7.11 Å². The van der Waals surface area contributed by atoms with E-state index in [2.05, 4.69) is 42.5 Å². The van der Waals surface area contributed by atoms with Gasteiger partial charge in [0.05, 0.1) is 7.11 Å². The monoisotopic (exact) mass is 253 g/mol. The highest BCUT2D eigenvalue weighted by Gasteiger charge is 2.49. The maximum Gasteiger partial charge on any atom is 0.118 e. The Labute approximate surface area is 114 Å². The van der Waals surface area contributed by atoms with Gasteiger partial charge in [0.1, 0.15) is 5.75 Å². The molecule has 0 aromatic heterocycles. The molecule has 2 aromatic rings. The number of nitrogens with two attached hydrogens (primary N) is 1. The van der Waals surface area contributed by atoms with Crippen LogP contribution in [0.2, 0.25) is 0 Å². The molecular formula is C17H19NO. The Kier molecular flexibility index (Phi) is 3.03. The summed E-state index contributed by atoms with van der Waals surface area (Å²) in [5.74, 6) is 0.875. The van der Waals surface area contributed by atoms with Crippen LogP contribution < -0.4 is 10.5 Å². The maximum atomic E-state index is 6.52. The van der Waals surface area contributed by atoms with Crippen molar-refractivity contribution in [3.05, 3.63) is 65.7 Å². The Morgan fingerprint density at radius 2 is 1.63 bits per heavy atom. The first kappa shape index (κ1) is 12.2. The van der Waals surface area contributed by atoms with E-state index >= 15 is 0 Å². The summed E-state index contributed by atoms with van der Waals surface area (Å²) in [6.45, 7) is 0. The molecule has 1 atom stereocenters. The largest absolute Gasteiger partial charge is 0.497 e. The summed E-state index contributed by atoms with van der Waals surface area (Å²) in [7, 11) is 1.68. The molecule has 2 aromatic carbocycles. The lowest BCUT2D eigenvalue weighted by Gasteiger charge is -2.24. The van der Waals surface area contributed by atoms with Gasteiger partial charge in [0.15, 0.2) is 0 Å². The van der Waals surface area contributed by atoms with Gasteiger partial charge in [-0.3, -0.25) is 0 Å². The summed E-state index contributed by atoms with van der Waals surface area (Å²) in [6, 6.07) is 18.8. The van der Waals surface area contributed by atoms with Crippen molar-refractivity contribution in [1.82, 2.24) is 0 Å². The quantitative estimate of drug-likeness (QED) is 0.906. The summed E-state index contributed by atoms with van der Waals surface area (Å²) in [5, 5.41) is 0. The molecule has 0 radical (unpaired) electrons. The Hall–Kier alpha value is -1.80. The van der Waals surface area contributed by atoms with Gasteiger partial charge in [-0.15, -0.1) is 0 Å². The van der Waals surface area contributed by atoms with Crippen LogP contribution in [0.5, 0.6) is 5.75 Å². The molecule has 0 aliphatic heterocycles. The van der Waals surface area contributed by atoms with E-state index in [9.17, 15) is 0 Å². The molecular weight excluding hydrogens is 234 g/mol.